The molecule has 0 amide bonds. The zero-order valence-corrected chi connectivity index (χ0v) is 13.4. The fourth-order valence-electron chi connectivity index (χ4n) is 2.03. The van der Waals surface area contributed by atoms with Crippen molar-refractivity contribution in [2.24, 2.45) is 5.73 Å². The Kier molecular flexibility index (Phi) is 4.40. The van der Waals surface area contributed by atoms with Crippen molar-refractivity contribution in [2.45, 2.75) is 39.3 Å². The molecule has 0 aliphatic carbocycles. The van der Waals surface area contributed by atoms with E-state index in [1.807, 2.05) is 31.4 Å². The van der Waals surface area contributed by atoms with E-state index in [4.69, 9.17) is 10.7 Å². The molecular weight excluding hydrogens is 268 g/mol. The van der Waals surface area contributed by atoms with Crippen LogP contribution in [0.25, 0.3) is 0 Å². The zero-order valence-electron chi connectivity index (χ0n) is 12.6. The van der Waals surface area contributed by atoms with Gasteiger partial charge in [-0.15, -0.1) is 11.3 Å². The molecule has 2 heterocycles. The van der Waals surface area contributed by atoms with Crippen molar-refractivity contribution in [2.75, 3.05) is 11.9 Å². The molecule has 0 unspecified atom stereocenters. The van der Waals surface area contributed by atoms with E-state index >= 15 is 0 Å². The summed E-state index contributed by atoms with van der Waals surface area (Å²) in [7, 11) is 2.04. The summed E-state index contributed by atoms with van der Waals surface area (Å²) in [6, 6.07) is 5.96. The van der Waals surface area contributed by atoms with Crippen LogP contribution in [-0.2, 0) is 18.5 Å². The summed E-state index contributed by atoms with van der Waals surface area (Å²) in [5.41, 5.74) is 8.02. The van der Waals surface area contributed by atoms with Crippen molar-refractivity contribution in [3.63, 3.8) is 0 Å². The van der Waals surface area contributed by atoms with Gasteiger partial charge >= 0.3 is 0 Å². The van der Waals surface area contributed by atoms with Crippen LogP contribution in [0.1, 0.15) is 37.0 Å². The van der Waals surface area contributed by atoms with E-state index in [1.54, 1.807) is 11.3 Å². The normalized spacial score (nSPS) is 11.7. The Morgan fingerprint density at radius 3 is 2.55 bits per heavy atom. The summed E-state index contributed by atoms with van der Waals surface area (Å²) in [6.45, 7) is 7.81. The first-order chi connectivity index (χ1) is 9.41. The van der Waals surface area contributed by atoms with E-state index in [2.05, 4.69) is 30.7 Å². The van der Waals surface area contributed by atoms with Gasteiger partial charge in [-0.25, -0.2) is 4.98 Å². The van der Waals surface area contributed by atoms with Crippen molar-refractivity contribution < 1.29 is 0 Å². The molecule has 108 valence electrons. The maximum atomic E-state index is 5.85. The van der Waals surface area contributed by atoms with Crippen LogP contribution in [0.15, 0.2) is 24.4 Å². The van der Waals surface area contributed by atoms with Crippen molar-refractivity contribution >= 4 is 16.5 Å². The molecule has 0 saturated heterocycles. The number of pyridine rings is 1. The summed E-state index contributed by atoms with van der Waals surface area (Å²) in [5.74, 6) is 0. The van der Waals surface area contributed by atoms with Gasteiger partial charge in [0.15, 0.2) is 5.13 Å². The number of nitrogens with zero attached hydrogens (tertiary/aromatic N) is 3. The Morgan fingerprint density at radius 1 is 1.30 bits per heavy atom. The highest BCUT2D eigenvalue weighted by molar-refractivity contribution is 7.15. The summed E-state index contributed by atoms with van der Waals surface area (Å²) >= 11 is 1.68. The minimum Gasteiger partial charge on any atom is -0.345 e. The van der Waals surface area contributed by atoms with Gasteiger partial charge in [-0.3, -0.25) is 4.98 Å². The summed E-state index contributed by atoms with van der Waals surface area (Å²) in [6.07, 6.45) is 1.82. The molecule has 0 aliphatic rings. The maximum absolute atomic E-state index is 5.85. The summed E-state index contributed by atoms with van der Waals surface area (Å²) in [4.78, 5) is 12.4. The lowest BCUT2D eigenvalue weighted by atomic mass is 9.91. The van der Waals surface area contributed by atoms with Crippen LogP contribution < -0.4 is 10.6 Å². The molecule has 20 heavy (non-hydrogen) atoms. The molecule has 4 nitrogen and oxygen atoms in total. The van der Waals surface area contributed by atoms with Crippen LogP contribution in [0.4, 0.5) is 5.13 Å². The van der Waals surface area contributed by atoms with Gasteiger partial charge in [-0.2, -0.15) is 0 Å². The highest BCUT2D eigenvalue weighted by atomic mass is 32.1. The standard InChI is InChI=1S/C15H22N4S/c1-15(2,3)13-12(9-16)20-14(18-13)19(4)10-11-7-5-6-8-17-11/h5-8H,9-10,16H2,1-4H3. The Labute approximate surface area is 124 Å². The molecule has 2 aromatic rings. The minimum atomic E-state index is 0.0231. The average molecular weight is 290 g/mol. The Hall–Kier alpha value is -1.46. The number of rotatable bonds is 4. The van der Waals surface area contributed by atoms with E-state index in [0.717, 1.165) is 23.1 Å². The summed E-state index contributed by atoms with van der Waals surface area (Å²) < 4.78 is 0. The number of anilines is 1. The third kappa shape index (κ3) is 3.35. The van der Waals surface area contributed by atoms with Crippen LogP contribution in [0.2, 0.25) is 0 Å². The number of thiazole rings is 1. The van der Waals surface area contributed by atoms with Gasteiger partial charge in [0.1, 0.15) is 0 Å². The molecule has 0 fully saturated rings. The molecule has 0 atom stereocenters. The largest absolute Gasteiger partial charge is 0.345 e. The van der Waals surface area contributed by atoms with Gasteiger partial charge in [0, 0.05) is 30.1 Å². The molecule has 2 aromatic heterocycles. The van der Waals surface area contributed by atoms with Crippen molar-refractivity contribution in [1.82, 2.24) is 9.97 Å². The lowest BCUT2D eigenvalue weighted by Crippen LogP contribution is -2.18. The van der Waals surface area contributed by atoms with Gasteiger partial charge in [-0.05, 0) is 12.1 Å². The monoisotopic (exact) mass is 290 g/mol. The first-order valence-corrected chi connectivity index (χ1v) is 7.54. The van der Waals surface area contributed by atoms with Crippen LogP contribution in [0.5, 0.6) is 0 Å². The van der Waals surface area contributed by atoms with Crippen molar-refractivity contribution in [1.29, 1.82) is 0 Å². The maximum Gasteiger partial charge on any atom is 0.185 e. The predicted molar refractivity (Wildman–Crippen MR) is 85.0 cm³/mol. The SMILES string of the molecule is CN(Cc1ccccn1)c1nc(C(C)(C)C)c(CN)s1. The molecule has 0 saturated carbocycles. The number of hydrogen-bond donors (Lipinski definition) is 1. The molecule has 0 spiro atoms. The fraction of sp³-hybridized carbons (Fsp3) is 0.467. The second kappa shape index (κ2) is 5.89. The highest BCUT2D eigenvalue weighted by Gasteiger charge is 2.23. The van der Waals surface area contributed by atoms with E-state index in [-0.39, 0.29) is 5.41 Å². The topological polar surface area (TPSA) is 55.0 Å². The quantitative estimate of drug-likeness (QED) is 0.940. The number of nitrogens with two attached hydrogens (primary N) is 1. The van der Waals surface area contributed by atoms with E-state index < -0.39 is 0 Å². The van der Waals surface area contributed by atoms with Crippen molar-refractivity contribution in [3.05, 3.63) is 40.7 Å². The smallest absolute Gasteiger partial charge is 0.185 e. The molecule has 0 aliphatic heterocycles. The van der Waals surface area contributed by atoms with E-state index in [1.165, 1.54) is 4.88 Å². The van der Waals surface area contributed by atoms with Crippen LogP contribution >= 0.6 is 11.3 Å². The minimum absolute atomic E-state index is 0.0231. The molecule has 0 bridgehead atoms. The van der Waals surface area contributed by atoms with Crippen molar-refractivity contribution in [3.8, 4) is 0 Å². The van der Waals surface area contributed by atoms with Gasteiger partial charge in [0.25, 0.3) is 0 Å². The summed E-state index contributed by atoms with van der Waals surface area (Å²) in [5, 5.41) is 1.00. The van der Waals surface area contributed by atoms with Gasteiger partial charge in [0.05, 0.1) is 17.9 Å². The van der Waals surface area contributed by atoms with Crippen LogP contribution in [0, 0.1) is 0 Å². The molecule has 2 N–H and O–H groups in total. The molecule has 5 heteroatoms. The Balaban J connectivity index is 2.23. The van der Waals surface area contributed by atoms with Crippen LogP contribution in [0.3, 0.4) is 0 Å². The second-order valence-electron chi connectivity index (χ2n) is 5.90. The molecule has 0 aromatic carbocycles. The Bertz CT molecular complexity index is 557. The van der Waals surface area contributed by atoms with Crippen LogP contribution in [-0.4, -0.2) is 17.0 Å². The van der Waals surface area contributed by atoms with E-state index in [0.29, 0.717) is 6.54 Å². The molecular formula is C15H22N4S. The van der Waals surface area contributed by atoms with Gasteiger partial charge in [-0.1, -0.05) is 26.8 Å². The average Bonchev–Trinajstić information content (AvgIpc) is 2.84. The first-order valence-electron chi connectivity index (χ1n) is 6.73. The highest BCUT2D eigenvalue weighted by Crippen LogP contribution is 2.33. The third-order valence-corrected chi connectivity index (χ3v) is 4.23. The third-order valence-electron chi connectivity index (χ3n) is 3.03. The second-order valence-corrected chi connectivity index (χ2v) is 6.96. The van der Waals surface area contributed by atoms with Gasteiger partial charge < -0.3 is 10.6 Å². The lowest BCUT2D eigenvalue weighted by molar-refractivity contribution is 0.566. The Morgan fingerprint density at radius 2 is 2.05 bits per heavy atom. The zero-order chi connectivity index (χ0) is 14.8. The number of aromatic nitrogens is 2. The van der Waals surface area contributed by atoms with Gasteiger partial charge in [0.2, 0.25) is 0 Å². The molecule has 2 rings (SSSR count). The predicted octanol–water partition coefficient (Wildman–Crippen LogP) is 2.93. The lowest BCUT2D eigenvalue weighted by Gasteiger charge is -2.18. The first kappa shape index (κ1) is 14.9. The number of hydrogen-bond acceptors (Lipinski definition) is 5. The molecule has 0 radical (unpaired) electrons. The fourth-order valence-corrected chi connectivity index (χ4v) is 3.14. The van der Waals surface area contributed by atoms with E-state index in [9.17, 15) is 0 Å².